The molecule has 0 aromatic heterocycles. The fourth-order valence-corrected chi connectivity index (χ4v) is 3.49. The average Bonchev–Trinajstić information content (AvgIpc) is 2.47. The molecule has 2 atom stereocenters. The third-order valence-corrected chi connectivity index (χ3v) is 4.86. The highest BCUT2D eigenvalue weighted by atomic mass is 32.2. The van der Waals surface area contributed by atoms with Gasteiger partial charge in [-0.15, -0.1) is 0 Å². The Bertz CT molecular complexity index is 550. The zero-order valence-electron chi connectivity index (χ0n) is 11.7. The van der Waals surface area contributed by atoms with E-state index in [0.29, 0.717) is 10.9 Å². The Labute approximate surface area is 127 Å². The van der Waals surface area contributed by atoms with Gasteiger partial charge in [0, 0.05) is 29.1 Å². The summed E-state index contributed by atoms with van der Waals surface area (Å²) in [5.41, 5.74) is 0.207. The van der Waals surface area contributed by atoms with Crippen molar-refractivity contribution in [3.8, 4) is 0 Å². The van der Waals surface area contributed by atoms with Crippen molar-refractivity contribution in [2.24, 2.45) is 0 Å². The molecule has 1 aromatic carbocycles. The van der Waals surface area contributed by atoms with Gasteiger partial charge in [-0.3, -0.25) is 10.1 Å². The molecule has 1 aromatic rings. The number of benzene rings is 1. The minimum atomic E-state index is -1.15. The van der Waals surface area contributed by atoms with Crippen molar-refractivity contribution in [2.45, 2.75) is 37.0 Å². The van der Waals surface area contributed by atoms with Crippen LogP contribution in [0.5, 0.6) is 0 Å². The molecule has 0 spiro atoms. The first-order chi connectivity index (χ1) is 10.0. The number of nitrogens with zero attached hydrogens (tertiary/aromatic N) is 1. The molecular formula is C14H18N2O4S. The Morgan fingerprint density at radius 3 is 2.86 bits per heavy atom. The standard InChI is InChI=1S/C14H18N2O4S/c1-21-11-4-2-3-9(7-11)15-13-6-5-10(16(19)20)8-12(13)14(17)18/h5-6,8-9,11,15H,2-4,7H2,1H3,(H,17,18). The third-order valence-electron chi connectivity index (χ3n) is 3.76. The van der Waals surface area contributed by atoms with Crippen LogP contribution in [0.25, 0.3) is 0 Å². The molecule has 21 heavy (non-hydrogen) atoms. The summed E-state index contributed by atoms with van der Waals surface area (Å²) >= 11 is 1.83. The number of anilines is 1. The second-order valence-electron chi connectivity index (χ2n) is 5.16. The zero-order valence-corrected chi connectivity index (χ0v) is 12.6. The largest absolute Gasteiger partial charge is 0.478 e. The molecule has 6 nitrogen and oxygen atoms in total. The normalized spacial score (nSPS) is 21.8. The lowest BCUT2D eigenvalue weighted by atomic mass is 9.94. The molecule has 1 saturated carbocycles. The minimum Gasteiger partial charge on any atom is -0.478 e. The lowest BCUT2D eigenvalue weighted by molar-refractivity contribution is -0.384. The van der Waals surface area contributed by atoms with Crippen molar-refractivity contribution in [3.63, 3.8) is 0 Å². The van der Waals surface area contributed by atoms with Gasteiger partial charge in [0.15, 0.2) is 0 Å². The Balaban J connectivity index is 2.19. The van der Waals surface area contributed by atoms with Gasteiger partial charge in [-0.05, 0) is 31.6 Å². The molecule has 0 radical (unpaired) electrons. The summed E-state index contributed by atoms with van der Waals surface area (Å²) in [4.78, 5) is 21.5. The number of carboxylic acids is 1. The third kappa shape index (κ3) is 3.87. The highest BCUT2D eigenvalue weighted by Crippen LogP contribution is 2.30. The van der Waals surface area contributed by atoms with Crippen LogP contribution in [-0.4, -0.2) is 33.5 Å². The molecule has 1 aliphatic rings. The molecule has 7 heteroatoms. The van der Waals surface area contributed by atoms with Crippen LogP contribution in [0.1, 0.15) is 36.0 Å². The number of nitro groups is 1. The van der Waals surface area contributed by atoms with Gasteiger partial charge in [-0.2, -0.15) is 11.8 Å². The molecule has 2 unspecified atom stereocenters. The van der Waals surface area contributed by atoms with Crippen molar-refractivity contribution in [1.29, 1.82) is 0 Å². The van der Waals surface area contributed by atoms with Crippen molar-refractivity contribution in [3.05, 3.63) is 33.9 Å². The predicted octanol–water partition coefficient (Wildman–Crippen LogP) is 3.38. The Morgan fingerprint density at radius 1 is 1.48 bits per heavy atom. The number of hydrogen-bond acceptors (Lipinski definition) is 5. The van der Waals surface area contributed by atoms with E-state index in [4.69, 9.17) is 0 Å². The number of carboxylic acid groups (broad SMARTS) is 1. The summed E-state index contributed by atoms with van der Waals surface area (Å²) in [6, 6.07) is 4.16. The first kappa shape index (κ1) is 15.6. The molecule has 0 saturated heterocycles. The molecule has 1 aliphatic carbocycles. The van der Waals surface area contributed by atoms with Gasteiger partial charge in [0.1, 0.15) is 0 Å². The molecular weight excluding hydrogens is 292 g/mol. The van der Waals surface area contributed by atoms with Crippen LogP contribution in [0.4, 0.5) is 11.4 Å². The second kappa shape index (κ2) is 6.80. The van der Waals surface area contributed by atoms with E-state index in [0.717, 1.165) is 25.3 Å². The number of rotatable bonds is 5. The maximum absolute atomic E-state index is 11.3. The van der Waals surface area contributed by atoms with E-state index < -0.39 is 10.9 Å². The quantitative estimate of drug-likeness (QED) is 0.640. The van der Waals surface area contributed by atoms with Gasteiger partial charge < -0.3 is 10.4 Å². The topological polar surface area (TPSA) is 92.5 Å². The van der Waals surface area contributed by atoms with Crippen LogP contribution in [0.2, 0.25) is 0 Å². The van der Waals surface area contributed by atoms with Crippen LogP contribution in [0.3, 0.4) is 0 Å². The van der Waals surface area contributed by atoms with Gasteiger partial charge in [0.05, 0.1) is 10.5 Å². The SMILES string of the molecule is CSC1CCCC(Nc2ccc([N+](=O)[O-])cc2C(=O)O)C1. The van der Waals surface area contributed by atoms with Gasteiger partial charge in [-0.1, -0.05) is 6.42 Å². The number of nitrogens with one attached hydrogen (secondary N) is 1. The summed E-state index contributed by atoms with van der Waals surface area (Å²) in [7, 11) is 0. The molecule has 114 valence electrons. The monoisotopic (exact) mass is 310 g/mol. The highest BCUT2D eigenvalue weighted by Gasteiger charge is 2.23. The van der Waals surface area contributed by atoms with E-state index in [-0.39, 0.29) is 17.3 Å². The van der Waals surface area contributed by atoms with Crippen molar-refractivity contribution < 1.29 is 14.8 Å². The summed E-state index contributed by atoms with van der Waals surface area (Å²) in [5.74, 6) is -1.15. The van der Waals surface area contributed by atoms with Gasteiger partial charge in [0.25, 0.3) is 5.69 Å². The van der Waals surface area contributed by atoms with E-state index >= 15 is 0 Å². The second-order valence-corrected chi connectivity index (χ2v) is 6.30. The lowest BCUT2D eigenvalue weighted by Gasteiger charge is -2.29. The average molecular weight is 310 g/mol. The number of non-ortho nitro benzene ring substituents is 1. The van der Waals surface area contributed by atoms with E-state index in [1.165, 1.54) is 18.6 Å². The Hall–Kier alpha value is -1.76. The lowest BCUT2D eigenvalue weighted by Crippen LogP contribution is -2.29. The van der Waals surface area contributed by atoms with E-state index in [1.54, 1.807) is 0 Å². The van der Waals surface area contributed by atoms with Crippen LogP contribution < -0.4 is 5.32 Å². The number of nitro benzene ring substituents is 1. The molecule has 2 rings (SSSR count). The maximum atomic E-state index is 11.3. The first-order valence-electron chi connectivity index (χ1n) is 6.82. The van der Waals surface area contributed by atoms with E-state index in [9.17, 15) is 20.0 Å². The molecule has 0 heterocycles. The molecule has 1 fully saturated rings. The number of hydrogen-bond donors (Lipinski definition) is 2. The molecule has 2 N–H and O–H groups in total. The van der Waals surface area contributed by atoms with Crippen LogP contribution >= 0.6 is 11.8 Å². The van der Waals surface area contributed by atoms with Crippen molar-refractivity contribution >= 4 is 29.1 Å². The molecule has 0 bridgehead atoms. The minimum absolute atomic E-state index is 0.0459. The summed E-state index contributed by atoms with van der Waals surface area (Å²) in [6.45, 7) is 0. The smallest absolute Gasteiger partial charge is 0.338 e. The number of thioether (sulfide) groups is 1. The first-order valence-corrected chi connectivity index (χ1v) is 8.11. The zero-order chi connectivity index (χ0) is 15.4. The summed E-state index contributed by atoms with van der Waals surface area (Å²) in [5, 5.41) is 23.8. The maximum Gasteiger partial charge on any atom is 0.338 e. The molecule has 0 aliphatic heterocycles. The van der Waals surface area contributed by atoms with Gasteiger partial charge in [-0.25, -0.2) is 4.79 Å². The Kier molecular flexibility index (Phi) is 5.06. The van der Waals surface area contributed by atoms with Crippen molar-refractivity contribution in [1.82, 2.24) is 0 Å². The molecule has 0 amide bonds. The Morgan fingerprint density at radius 2 is 2.24 bits per heavy atom. The van der Waals surface area contributed by atoms with Gasteiger partial charge >= 0.3 is 5.97 Å². The number of carbonyl (C=O) groups is 1. The fraction of sp³-hybridized carbons (Fsp3) is 0.500. The predicted molar refractivity (Wildman–Crippen MR) is 83.2 cm³/mol. The fourth-order valence-electron chi connectivity index (χ4n) is 2.66. The van der Waals surface area contributed by atoms with E-state index in [1.807, 2.05) is 11.8 Å². The van der Waals surface area contributed by atoms with Crippen LogP contribution in [0, 0.1) is 10.1 Å². The van der Waals surface area contributed by atoms with Crippen LogP contribution in [0.15, 0.2) is 18.2 Å². The van der Waals surface area contributed by atoms with Crippen molar-refractivity contribution in [2.75, 3.05) is 11.6 Å². The number of aromatic carboxylic acids is 1. The summed E-state index contributed by atoms with van der Waals surface area (Å²) < 4.78 is 0. The highest BCUT2D eigenvalue weighted by molar-refractivity contribution is 7.99. The summed E-state index contributed by atoms with van der Waals surface area (Å²) in [6.07, 6.45) is 6.36. The van der Waals surface area contributed by atoms with Crippen LogP contribution in [-0.2, 0) is 0 Å². The van der Waals surface area contributed by atoms with Gasteiger partial charge in [0.2, 0.25) is 0 Å². The van der Waals surface area contributed by atoms with E-state index in [2.05, 4.69) is 11.6 Å².